The van der Waals surface area contributed by atoms with E-state index in [1.165, 1.54) is 4.90 Å². The Hall–Kier alpha value is -2.08. The average molecular weight is 337 g/mol. The van der Waals surface area contributed by atoms with Gasteiger partial charge in [-0.15, -0.1) is 0 Å². The zero-order chi connectivity index (χ0) is 16.6. The number of likely N-dealkylation sites (tertiary alicyclic amines) is 1. The first kappa shape index (κ1) is 15.8. The Morgan fingerprint density at radius 2 is 2.00 bits per heavy atom. The predicted octanol–water partition coefficient (Wildman–Crippen LogP) is 1.63. The largest absolute Gasteiger partial charge is 0.481 e. The summed E-state index contributed by atoms with van der Waals surface area (Å²) in [5, 5.41) is 9.56. The van der Waals surface area contributed by atoms with Crippen LogP contribution in [0, 0.1) is 11.8 Å². The van der Waals surface area contributed by atoms with E-state index < -0.39 is 17.8 Å². The molecule has 2 heterocycles. The summed E-state index contributed by atoms with van der Waals surface area (Å²) in [6.45, 7) is 1.05. The Morgan fingerprint density at radius 1 is 1.22 bits per heavy atom. The van der Waals surface area contributed by atoms with Crippen LogP contribution in [0.4, 0.5) is 5.69 Å². The summed E-state index contributed by atoms with van der Waals surface area (Å²) < 4.78 is 0. The highest BCUT2D eigenvalue weighted by molar-refractivity contribution is 6.31. The molecular weight excluding hydrogens is 320 g/mol. The third kappa shape index (κ3) is 3.03. The number of rotatable bonds is 3. The van der Waals surface area contributed by atoms with Gasteiger partial charge in [-0.05, 0) is 31.0 Å². The molecule has 2 atom stereocenters. The maximum atomic E-state index is 12.5. The van der Waals surface area contributed by atoms with Crippen LogP contribution in [0.3, 0.4) is 0 Å². The molecule has 6 nitrogen and oxygen atoms in total. The molecule has 2 amide bonds. The number of carboxylic acids is 1. The SMILES string of the molecule is O=C(O)[C@H]1CCN(C(=O)[C@@H]2CCN(c3cccc(Cl)c3)C2=O)C1. The molecule has 3 rings (SSSR count). The number of hydrogen-bond acceptors (Lipinski definition) is 3. The van der Waals surface area contributed by atoms with Gasteiger partial charge in [0.15, 0.2) is 0 Å². The lowest BCUT2D eigenvalue weighted by atomic mass is 10.1. The van der Waals surface area contributed by atoms with Crippen LogP contribution in [0.15, 0.2) is 24.3 Å². The van der Waals surface area contributed by atoms with E-state index in [1.807, 2.05) is 0 Å². The van der Waals surface area contributed by atoms with Crippen molar-refractivity contribution < 1.29 is 19.5 Å². The molecule has 0 bridgehead atoms. The van der Waals surface area contributed by atoms with Crippen LogP contribution in [0.25, 0.3) is 0 Å². The van der Waals surface area contributed by atoms with E-state index in [0.29, 0.717) is 36.6 Å². The topological polar surface area (TPSA) is 77.9 Å². The Labute approximate surface area is 138 Å². The maximum absolute atomic E-state index is 12.5. The Balaban J connectivity index is 1.69. The van der Waals surface area contributed by atoms with Crippen LogP contribution in [0.5, 0.6) is 0 Å². The maximum Gasteiger partial charge on any atom is 0.308 e. The van der Waals surface area contributed by atoms with Crippen LogP contribution in [-0.4, -0.2) is 47.4 Å². The van der Waals surface area contributed by atoms with E-state index in [4.69, 9.17) is 16.7 Å². The number of halogens is 1. The van der Waals surface area contributed by atoms with Crippen LogP contribution in [0.1, 0.15) is 12.8 Å². The number of amides is 2. The Kier molecular flexibility index (Phi) is 4.26. The van der Waals surface area contributed by atoms with Gasteiger partial charge in [0.2, 0.25) is 11.8 Å². The van der Waals surface area contributed by atoms with Crippen molar-refractivity contribution in [2.24, 2.45) is 11.8 Å². The summed E-state index contributed by atoms with van der Waals surface area (Å²) in [5.41, 5.74) is 0.683. The molecule has 2 aliphatic heterocycles. The lowest BCUT2D eigenvalue weighted by Crippen LogP contribution is -2.39. The molecule has 1 aromatic carbocycles. The molecule has 7 heteroatoms. The number of benzene rings is 1. The average Bonchev–Trinajstić information content (AvgIpc) is 3.13. The fourth-order valence-corrected chi connectivity index (χ4v) is 3.38. The zero-order valence-corrected chi connectivity index (χ0v) is 13.2. The highest BCUT2D eigenvalue weighted by Crippen LogP contribution is 2.29. The highest BCUT2D eigenvalue weighted by Gasteiger charge is 2.42. The normalized spacial score (nSPS) is 24.3. The van der Waals surface area contributed by atoms with E-state index >= 15 is 0 Å². The monoisotopic (exact) mass is 336 g/mol. The second-order valence-corrected chi connectivity index (χ2v) is 6.36. The molecule has 0 unspecified atom stereocenters. The number of hydrogen-bond donors (Lipinski definition) is 1. The van der Waals surface area contributed by atoms with E-state index in [0.717, 1.165) is 0 Å². The van der Waals surface area contributed by atoms with Gasteiger partial charge in [0.25, 0.3) is 0 Å². The van der Waals surface area contributed by atoms with E-state index in [-0.39, 0.29) is 18.4 Å². The second-order valence-electron chi connectivity index (χ2n) is 5.92. The highest BCUT2D eigenvalue weighted by atomic mass is 35.5. The van der Waals surface area contributed by atoms with Crippen molar-refractivity contribution in [2.75, 3.05) is 24.5 Å². The standard InChI is InChI=1S/C16H17ClN2O4/c17-11-2-1-3-12(8-11)19-7-5-13(15(19)21)14(20)18-6-4-10(9-18)16(22)23/h1-3,8,10,13H,4-7,9H2,(H,22,23)/t10-,13-/m0/s1. The lowest BCUT2D eigenvalue weighted by Gasteiger charge is -2.20. The zero-order valence-electron chi connectivity index (χ0n) is 12.4. The van der Waals surface area contributed by atoms with Gasteiger partial charge < -0.3 is 14.9 Å². The van der Waals surface area contributed by atoms with Gasteiger partial charge in [-0.2, -0.15) is 0 Å². The van der Waals surface area contributed by atoms with Crippen LogP contribution in [0.2, 0.25) is 5.02 Å². The third-order valence-electron chi connectivity index (χ3n) is 4.47. The van der Waals surface area contributed by atoms with Gasteiger partial charge in [0.1, 0.15) is 5.92 Å². The van der Waals surface area contributed by atoms with Gasteiger partial charge in [0.05, 0.1) is 5.92 Å². The number of carbonyl (C=O) groups is 3. The first-order valence-electron chi connectivity index (χ1n) is 7.56. The van der Waals surface area contributed by atoms with Gasteiger partial charge in [-0.3, -0.25) is 14.4 Å². The molecule has 0 radical (unpaired) electrons. The summed E-state index contributed by atoms with van der Waals surface area (Å²) in [6, 6.07) is 6.97. The fourth-order valence-electron chi connectivity index (χ4n) is 3.19. The molecule has 2 fully saturated rings. The molecule has 0 aromatic heterocycles. The quantitative estimate of drug-likeness (QED) is 0.851. The summed E-state index contributed by atoms with van der Waals surface area (Å²) in [5.74, 6) is -2.64. The van der Waals surface area contributed by atoms with Crippen LogP contribution in [-0.2, 0) is 14.4 Å². The van der Waals surface area contributed by atoms with Gasteiger partial charge >= 0.3 is 5.97 Å². The number of carbonyl (C=O) groups excluding carboxylic acids is 2. The van der Waals surface area contributed by atoms with Crippen molar-refractivity contribution in [3.8, 4) is 0 Å². The molecule has 122 valence electrons. The summed E-state index contributed by atoms with van der Waals surface area (Å²) in [7, 11) is 0. The van der Waals surface area contributed by atoms with Crippen LogP contribution >= 0.6 is 11.6 Å². The second kappa shape index (κ2) is 6.20. The number of nitrogens with zero attached hydrogens (tertiary/aromatic N) is 2. The molecule has 0 aliphatic carbocycles. The van der Waals surface area contributed by atoms with Gasteiger partial charge in [0, 0.05) is 30.3 Å². The number of carboxylic acid groups (broad SMARTS) is 1. The smallest absolute Gasteiger partial charge is 0.308 e. The van der Waals surface area contributed by atoms with Crippen LogP contribution < -0.4 is 4.90 Å². The van der Waals surface area contributed by atoms with Gasteiger partial charge in [-0.1, -0.05) is 17.7 Å². The number of anilines is 1. The lowest BCUT2D eigenvalue weighted by molar-refractivity contribution is -0.142. The molecule has 2 saturated heterocycles. The van der Waals surface area contributed by atoms with Crippen molar-refractivity contribution in [1.82, 2.24) is 4.90 Å². The minimum Gasteiger partial charge on any atom is -0.481 e. The first-order chi connectivity index (χ1) is 11.0. The molecule has 1 aromatic rings. The van der Waals surface area contributed by atoms with Crippen molar-refractivity contribution in [3.63, 3.8) is 0 Å². The molecule has 23 heavy (non-hydrogen) atoms. The minimum absolute atomic E-state index is 0.190. The molecule has 2 aliphatic rings. The molecular formula is C16H17ClN2O4. The third-order valence-corrected chi connectivity index (χ3v) is 4.71. The Bertz CT molecular complexity index is 663. The van der Waals surface area contributed by atoms with Gasteiger partial charge in [-0.25, -0.2) is 0 Å². The predicted molar refractivity (Wildman–Crippen MR) is 84.2 cm³/mol. The fraction of sp³-hybridized carbons (Fsp3) is 0.438. The van der Waals surface area contributed by atoms with E-state index in [1.54, 1.807) is 29.2 Å². The summed E-state index contributed by atoms with van der Waals surface area (Å²) in [4.78, 5) is 39.1. The van der Waals surface area contributed by atoms with E-state index in [2.05, 4.69) is 0 Å². The molecule has 0 spiro atoms. The van der Waals surface area contributed by atoms with Crippen molar-refractivity contribution in [1.29, 1.82) is 0 Å². The van der Waals surface area contributed by atoms with E-state index in [9.17, 15) is 14.4 Å². The minimum atomic E-state index is -0.890. The molecule has 1 N–H and O–H groups in total. The van der Waals surface area contributed by atoms with Crippen molar-refractivity contribution in [2.45, 2.75) is 12.8 Å². The summed E-state index contributed by atoms with van der Waals surface area (Å²) >= 11 is 5.95. The van der Waals surface area contributed by atoms with Crippen molar-refractivity contribution >= 4 is 35.1 Å². The van der Waals surface area contributed by atoms with Crippen molar-refractivity contribution in [3.05, 3.63) is 29.3 Å². The number of aliphatic carboxylic acids is 1. The Morgan fingerprint density at radius 3 is 2.65 bits per heavy atom. The molecule has 0 saturated carbocycles. The summed E-state index contributed by atoms with van der Waals surface area (Å²) in [6.07, 6.45) is 0.887. The first-order valence-corrected chi connectivity index (χ1v) is 7.93.